The zero-order chi connectivity index (χ0) is 13.9. The first-order valence-corrected chi connectivity index (χ1v) is 6.14. The summed E-state index contributed by atoms with van der Waals surface area (Å²) in [5.74, 6) is 0.894. The molecule has 18 heavy (non-hydrogen) atoms. The van der Waals surface area contributed by atoms with Crippen molar-refractivity contribution in [3.63, 3.8) is 0 Å². The minimum atomic E-state index is -0.134. The standard InChI is InChI=1S/C12H23N5O/c1-9(2)17-8-13-14-11(17)7-16(6)12(18)10(3)15(4)5/h8-10H,7H2,1-6H3/t10-/m0/s1. The molecule has 102 valence electrons. The van der Waals surface area contributed by atoms with Crippen molar-refractivity contribution in [1.82, 2.24) is 24.6 Å². The Labute approximate surface area is 109 Å². The van der Waals surface area contributed by atoms with Gasteiger partial charge in [-0.3, -0.25) is 9.69 Å². The Hall–Kier alpha value is -1.43. The SMILES string of the molecule is CC(C)n1cnnc1CN(C)C(=O)[C@H](C)N(C)C. The topological polar surface area (TPSA) is 54.3 Å². The first-order chi connectivity index (χ1) is 8.34. The molecular weight excluding hydrogens is 230 g/mol. The van der Waals surface area contributed by atoms with E-state index in [2.05, 4.69) is 24.0 Å². The highest BCUT2D eigenvalue weighted by Gasteiger charge is 2.21. The van der Waals surface area contributed by atoms with Gasteiger partial charge in [0.2, 0.25) is 5.91 Å². The van der Waals surface area contributed by atoms with Crippen LogP contribution in [0.4, 0.5) is 0 Å². The smallest absolute Gasteiger partial charge is 0.239 e. The molecule has 6 heteroatoms. The minimum absolute atomic E-state index is 0.0818. The van der Waals surface area contributed by atoms with Crippen molar-refractivity contribution in [3.05, 3.63) is 12.2 Å². The lowest BCUT2D eigenvalue weighted by Crippen LogP contribution is -2.42. The average molecular weight is 253 g/mol. The lowest BCUT2D eigenvalue weighted by atomic mass is 10.2. The van der Waals surface area contributed by atoms with Gasteiger partial charge in [-0.1, -0.05) is 0 Å². The summed E-state index contributed by atoms with van der Waals surface area (Å²) in [6.45, 7) is 6.51. The Morgan fingerprint density at radius 2 is 1.94 bits per heavy atom. The molecule has 0 saturated carbocycles. The highest BCUT2D eigenvalue weighted by Crippen LogP contribution is 2.09. The van der Waals surface area contributed by atoms with Crippen LogP contribution in [0.15, 0.2) is 6.33 Å². The fraction of sp³-hybridized carbons (Fsp3) is 0.750. The van der Waals surface area contributed by atoms with Gasteiger partial charge in [0.25, 0.3) is 0 Å². The van der Waals surface area contributed by atoms with Gasteiger partial charge in [-0.2, -0.15) is 0 Å². The zero-order valence-corrected chi connectivity index (χ0v) is 12.1. The first-order valence-electron chi connectivity index (χ1n) is 6.14. The van der Waals surface area contributed by atoms with E-state index < -0.39 is 0 Å². The highest BCUT2D eigenvalue weighted by atomic mass is 16.2. The van der Waals surface area contributed by atoms with Crippen molar-refractivity contribution in [2.75, 3.05) is 21.1 Å². The number of hydrogen-bond donors (Lipinski definition) is 0. The van der Waals surface area contributed by atoms with E-state index in [9.17, 15) is 4.79 Å². The number of nitrogens with zero attached hydrogens (tertiary/aromatic N) is 5. The molecule has 0 N–H and O–H groups in total. The van der Waals surface area contributed by atoms with Crippen LogP contribution in [0, 0.1) is 0 Å². The molecule has 6 nitrogen and oxygen atoms in total. The summed E-state index contributed by atoms with van der Waals surface area (Å²) in [7, 11) is 5.59. The normalized spacial score (nSPS) is 13.1. The van der Waals surface area contributed by atoms with Gasteiger partial charge < -0.3 is 9.47 Å². The van der Waals surface area contributed by atoms with Gasteiger partial charge in [0, 0.05) is 13.1 Å². The predicted molar refractivity (Wildman–Crippen MR) is 70.0 cm³/mol. The fourth-order valence-electron chi connectivity index (χ4n) is 1.64. The average Bonchev–Trinajstić information content (AvgIpc) is 2.74. The molecule has 0 bridgehead atoms. The lowest BCUT2D eigenvalue weighted by Gasteiger charge is -2.25. The Kier molecular flexibility index (Phi) is 4.84. The molecule has 0 aromatic carbocycles. The van der Waals surface area contributed by atoms with E-state index in [-0.39, 0.29) is 11.9 Å². The van der Waals surface area contributed by atoms with Gasteiger partial charge in [0.1, 0.15) is 6.33 Å². The number of amides is 1. The molecule has 0 radical (unpaired) electrons. The number of carbonyl (C=O) groups is 1. The second-order valence-corrected chi connectivity index (χ2v) is 5.08. The van der Waals surface area contributed by atoms with Crippen LogP contribution in [0.5, 0.6) is 0 Å². The van der Waals surface area contributed by atoms with Gasteiger partial charge in [0.05, 0.1) is 12.6 Å². The maximum Gasteiger partial charge on any atom is 0.239 e. The van der Waals surface area contributed by atoms with E-state index in [0.717, 1.165) is 5.82 Å². The molecule has 1 amide bonds. The third-order valence-electron chi connectivity index (χ3n) is 3.09. The summed E-state index contributed by atoms with van der Waals surface area (Å²) >= 11 is 0. The summed E-state index contributed by atoms with van der Waals surface area (Å²) in [4.78, 5) is 15.7. The summed E-state index contributed by atoms with van der Waals surface area (Å²) in [6.07, 6.45) is 1.70. The summed E-state index contributed by atoms with van der Waals surface area (Å²) in [6, 6.07) is 0.162. The quantitative estimate of drug-likeness (QED) is 0.777. The maximum atomic E-state index is 12.1. The Bertz CT molecular complexity index is 399. The van der Waals surface area contributed by atoms with Crippen molar-refractivity contribution in [2.24, 2.45) is 0 Å². The molecule has 1 aromatic rings. The van der Waals surface area contributed by atoms with Gasteiger partial charge in [-0.25, -0.2) is 0 Å². The molecule has 1 aromatic heterocycles. The molecule has 0 aliphatic rings. The zero-order valence-electron chi connectivity index (χ0n) is 12.1. The van der Waals surface area contributed by atoms with E-state index in [1.807, 2.05) is 30.5 Å². The number of rotatable bonds is 5. The van der Waals surface area contributed by atoms with Crippen molar-refractivity contribution in [3.8, 4) is 0 Å². The van der Waals surface area contributed by atoms with Crippen molar-refractivity contribution in [2.45, 2.75) is 39.4 Å². The van der Waals surface area contributed by atoms with E-state index in [1.54, 1.807) is 18.3 Å². The van der Waals surface area contributed by atoms with Crippen molar-refractivity contribution >= 4 is 5.91 Å². The summed E-state index contributed by atoms with van der Waals surface area (Å²) < 4.78 is 1.98. The van der Waals surface area contributed by atoms with Crippen molar-refractivity contribution in [1.29, 1.82) is 0 Å². The fourth-order valence-corrected chi connectivity index (χ4v) is 1.64. The molecule has 0 saturated heterocycles. The Morgan fingerprint density at radius 3 is 2.44 bits per heavy atom. The predicted octanol–water partition coefficient (Wildman–Crippen LogP) is 0.768. The first kappa shape index (κ1) is 14.6. The van der Waals surface area contributed by atoms with Gasteiger partial charge in [0.15, 0.2) is 5.82 Å². The largest absolute Gasteiger partial charge is 0.337 e. The van der Waals surface area contributed by atoms with E-state index >= 15 is 0 Å². The Balaban J connectivity index is 2.72. The number of likely N-dealkylation sites (N-methyl/N-ethyl adjacent to an activating group) is 2. The van der Waals surface area contributed by atoms with Gasteiger partial charge in [-0.15, -0.1) is 10.2 Å². The lowest BCUT2D eigenvalue weighted by molar-refractivity contribution is -0.134. The van der Waals surface area contributed by atoms with Crippen molar-refractivity contribution < 1.29 is 4.79 Å². The summed E-state index contributed by atoms with van der Waals surface area (Å²) in [5, 5.41) is 7.97. The van der Waals surface area contributed by atoms with E-state index in [0.29, 0.717) is 12.6 Å². The highest BCUT2D eigenvalue weighted by molar-refractivity contribution is 5.81. The van der Waals surface area contributed by atoms with Gasteiger partial charge in [-0.05, 0) is 34.9 Å². The van der Waals surface area contributed by atoms with Crippen LogP contribution in [-0.2, 0) is 11.3 Å². The van der Waals surface area contributed by atoms with Crippen LogP contribution in [-0.4, -0.2) is 57.7 Å². The van der Waals surface area contributed by atoms with Crippen LogP contribution >= 0.6 is 0 Å². The Morgan fingerprint density at radius 1 is 1.33 bits per heavy atom. The third-order valence-corrected chi connectivity index (χ3v) is 3.09. The number of aromatic nitrogens is 3. The monoisotopic (exact) mass is 253 g/mol. The second kappa shape index (κ2) is 5.95. The summed E-state index contributed by atoms with van der Waals surface area (Å²) in [5.41, 5.74) is 0. The maximum absolute atomic E-state index is 12.1. The van der Waals surface area contributed by atoms with Crippen LogP contribution in [0.25, 0.3) is 0 Å². The molecular formula is C12H23N5O. The molecule has 0 unspecified atom stereocenters. The molecule has 0 aliphatic carbocycles. The van der Waals surface area contributed by atoms with Gasteiger partial charge >= 0.3 is 0 Å². The van der Waals surface area contributed by atoms with E-state index in [4.69, 9.17) is 0 Å². The van der Waals surface area contributed by atoms with Crippen LogP contribution in [0.3, 0.4) is 0 Å². The molecule has 0 fully saturated rings. The number of carbonyl (C=O) groups excluding carboxylic acids is 1. The molecule has 0 aliphatic heterocycles. The molecule has 1 heterocycles. The molecule has 1 atom stereocenters. The van der Waals surface area contributed by atoms with Crippen LogP contribution in [0.2, 0.25) is 0 Å². The molecule has 1 rings (SSSR count). The second-order valence-electron chi connectivity index (χ2n) is 5.08. The third kappa shape index (κ3) is 3.29. The van der Waals surface area contributed by atoms with Crippen LogP contribution < -0.4 is 0 Å². The van der Waals surface area contributed by atoms with Crippen LogP contribution in [0.1, 0.15) is 32.6 Å². The molecule has 0 spiro atoms. The number of hydrogen-bond acceptors (Lipinski definition) is 4. The van der Waals surface area contributed by atoms with E-state index in [1.165, 1.54) is 0 Å². The minimum Gasteiger partial charge on any atom is -0.337 e.